The molecule has 2 heteroatoms. The van der Waals surface area contributed by atoms with Gasteiger partial charge in [0, 0.05) is 0 Å². The molecule has 0 aliphatic rings. The lowest BCUT2D eigenvalue weighted by Gasteiger charge is -2.07. The Kier molecular flexibility index (Phi) is 3.39. The van der Waals surface area contributed by atoms with Crippen LogP contribution in [0.1, 0.15) is 20.3 Å². The zero-order valence-electron chi connectivity index (χ0n) is 4.69. The number of aliphatic hydroxyl groups is 1. The molecule has 0 bridgehead atoms. The van der Waals surface area contributed by atoms with Gasteiger partial charge in [-0.2, -0.15) is 0 Å². The third-order valence-electron chi connectivity index (χ3n) is 0.948. The SMILES string of the molecule is CCC(O)C(C)Cl. The Hall–Kier alpha value is 0.250. The summed E-state index contributed by atoms with van der Waals surface area (Å²) in [7, 11) is 0. The third kappa shape index (κ3) is 2.89. The Morgan fingerprint density at radius 1 is 1.71 bits per heavy atom. The van der Waals surface area contributed by atoms with E-state index in [4.69, 9.17) is 16.7 Å². The number of aliphatic hydroxyl groups excluding tert-OH is 1. The van der Waals surface area contributed by atoms with Crippen LogP contribution in [0.5, 0.6) is 0 Å². The second kappa shape index (κ2) is 3.28. The van der Waals surface area contributed by atoms with Crippen molar-refractivity contribution < 1.29 is 5.11 Å². The fraction of sp³-hybridized carbons (Fsp3) is 1.00. The fourth-order valence-corrected chi connectivity index (χ4v) is 0.503. The maximum Gasteiger partial charge on any atom is 0.0698 e. The summed E-state index contributed by atoms with van der Waals surface area (Å²) < 4.78 is 0. The summed E-state index contributed by atoms with van der Waals surface area (Å²) in [6.45, 7) is 3.69. The molecule has 0 saturated carbocycles. The van der Waals surface area contributed by atoms with Crippen LogP contribution in [0.3, 0.4) is 0 Å². The van der Waals surface area contributed by atoms with Gasteiger partial charge >= 0.3 is 0 Å². The first-order valence-electron chi connectivity index (χ1n) is 2.50. The molecule has 0 saturated heterocycles. The van der Waals surface area contributed by atoms with E-state index in [1.54, 1.807) is 6.92 Å². The molecule has 0 aromatic carbocycles. The topological polar surface area (TPSA) is 20.2 Å². The highest BCUT2D eigenvalue weighted by atomic mass is 35.5. The summed E-state index contributed by atoms with van der Waals surface area (Å²) in [4.78, 5) is 0. The van der Waals surface area contributed by atoms with E-state index < -0.39 is 0 Å². The number of halogens is 1. The molecule has 0 aromatic heterocycles. The van der Waals surface area contributed by atoms with Gasteiger partial charge in [-0.15, -0.1) is 11.6 Å². The standard InChI is InChI=1S/C5H11ClO/c1-3-5(7)4(2)6/h4-5,7H,3H2,1-2H3. The van der Waals surface area contributed by atoms with E-state index in [-0.39, 0.29) is 11.5 Å². The highest BCUT2D eigenvalue weighted by molar-refractivity contribution is 6.20. The van der Waals surface area contributed by atoms with Gasteiger partial charge < -0.3 is 5.11 Å². The number of hydrogen-bond donors (Lipinski definition) is 1. The summed E-state index contributed by atoms with van der Waals surface area (Å²) in [6, 6.07) is 0. The quantitative estimate of drug-likeness (QED) is 0.549. The predicted octanol–water partition coefficient (Wildman–Crippen LogP) is 1.38. The van der Waals surface area contributed by atoms with Crippen molar-refractivity contribution in [2.45, 2.75) is 31.7 Å². The van der Waals surface area contributed by atoms with Gasteiger partial charge in [0.1, 0.15) is 0 Å². The van der Waals surface area contributed by atoms with Gasteiger partial charge in [-0.1, -0.05) is 6.92 Å². The summed E-state index contributed by atoms with van der Waals surface area (Å²) in [6.07, 6.45) is 0.409. The van der Waals surface area contributed by atoms with Crippen molar-refractivity contribution in [1.82, 2.24) is 0 Å². The minimum Gasteiger partial charge on any atom is -0.392 e. The van der Waals surface area contributed by atoms with Gasteiger partial charge in [0.15, 0.2) is 0 Å². The van der Waals surface area contributed by atoms with Gasteiger partial charge in [0.05, 0.1) is 11.5 Å². The van der Waals surface area contributed by atoms with E-state index in [0.717, 1.165) is 6.42 Å². The summed E-state index contributed by atoms with van der Waals surface area (Å²) in [5.41, 5.74) is 0. The molecule has 0 rings (SSSR count). The van der Waals surface area contributed by atoms with Crippen LogP contribution in [0.2, 0.25) is 0 Å². The Bertz CT molecular complexity index is 45.3. The van der Waals surface area contributed by atoms with E-state index in [9.17, 15) is 0 Å². The lowest BCUT2D eigenvalue weighted by Crippen LogP contribution is -2.15. The third-order valence-corrected chi connectivity index (χ3v) is 1.24. The van der Waals surface area contributed by atoms with Gasteiger partial charge in [0.25, 0.3) is 0 Å². The Labute approximate surface area is 49.3 Å². The van der Waals surface area contributed by atoms with E-state index >= 15 is 0 Å². The normalized spacial score (nSPS) is 18.9. The van der Waals surface area contributed by atoms with Gasteiger partial charge in [0.2, 0.25) is 0 Å². The largest absolute Gasteiger partial charge is 0.392 e. The predicted molar refractivity (Wildman–Crippen MR) is 31.6 cm³/mol. The molecule has 0 aliphatic carbocycles. The monoisotopic (exact) mass is 122 g/mol. The zero-order valence-corrected chi connectivity index (χ0v) is 5.44. The summed E-state index contributed by atoms with van der Waals surface area (Å²) >= 11 is 5.48. The maximum atomic E-state index is 8.80. The average molecular weight is 123 g/mol. The first-order chi connectivity index (χ1) is 3.18. The van der Waals surface area contributed by atoms with E-state index in [1.165, 1.54) is 0 Å². The Morgan fingerprint density at radius 3 is 2.14 bits per heavy atom. The fourth-order valence-electron chi connectivity index (χ4n) is 0.325. The van der Waals surface area contributed by atoms with Crippen molar-refractivity contribution in [2.75, 3.05) is 0 Å². The molecule has 0 radical (unpaired) electrons. The lowest BCUT2D eigenvalue weighted by atomic mass is 10.2. The molecule has 7 heavy (non-hydrogen) atoms. The van der Waals surface area contributed by atoms with Crippen molar-refractivity contribution >= 4 is 11.6 Å². The Balaban J connectivity index is 3.14. The van der Waals surface area contributed by atoms with E-state index in [0.29, 0.717) is 0 Å². The molecule has 1 nitrogen and oxygen atoms in total. The molecule has 2 atom stereocenters. The molecule has 0 fully saturated rings. The second-order valence-electron chi connectivity index (χ2n) is 1.65. The molecule has 0 aromatic rings. The minimum atomic E-state index is -0.332. The Morgan fingerprint density at radius 2 is 2.14 bits per heavy atom. The van der Waals surface area contributed by atoms with Crippen LogP contribution in [0.15, 0.2) is 0 Å². The van der Waals surface area contributed by atoms with Crippen molar-refractivity contribution in [3.05, 3.63) is 0 Å². The van der Waals surface area contributed by atoms with Crippen molar-refractivity contribution in [1.29, 1.82) is 0 Å². The highest BCUT2D eigenvalue weighted by Gasteiger charge is 2.05. The van der Waals surface area contributed by atoms with Crippen LogP contribution in [0.4, 0.5) is 0 Å². The van der Waals surface area contributed by atoms with Crippen LogP contribution in [0.25, 0.3) is 0 Å². The zero-order chi connectivity index (χ0) is 5.86. The van der Waals surface area contributed by atoms with Crippen LogP contribution >= 0.6 is 11.6 Å². The van der Waals surface area contributed by atoms with Crippen LogP contribution in [-0.2, 0) is 0 Å². The smallest absolute Gasteiger partial charge is 0.0698 e. The van der Waals surface area contributed by atoms with Gasteiger partial charge in [-0.05, 0) is 13.3 Å². The maximum absolute atomic E-state index is 8.80. The van der Waals surface area contributed by atoms with Crippen LogP contribution in [0, 0.1) is 0 Å². The highest BCUT2D eigenvalue weighted by Crippen LogP contribution is 2.03. The summed E-state index contributed by atoms with van der Waals surface area (Å²) in [5, 5.41) is 8.70. The molecule has 0 spiro atoms. The molecule has 0 amide bonds. The molecular weight excluding hydrogens is 112 g/mol. The lowest BCUT2D eigenvalue weighted by molar-refractivity contribution is 0.169. The molecule has 2 unspecified atom stereocenters. The average Bonchev–Trinajstić information content (AvgIpc) is 1.65. The molecular formula is C5H11ClO. The van der Waals surface area contributed by atoms with Gasteiger partial charge in [-0.3, -0.25) is 0 Å². The van der Waals surface area contributed by atoms with Crippen LogP contribution in [-0.4, -0.2) is 16.6 Å². The van der Waals surface area contributed by atoms with Crippen molar-refractivity contribution in [3.63, 3.8) is 0 Å². The van der Waals surface area contributed by atoms with Gasteiger partial charge in [-0.25, -0.2) is 0 Å². The van der Waals surface area contributed by atoms with E-state index in [1.807, 2.05) is 6.92 Å². The second-order valence-corrected chi connectivity index (χ2v) is 2.34. The van der Waals surface area contributed by atoms with Crippen molar-refractivity contribution in [2.24, 2.45) is 0 Å². The molecule has 44 valence electrons. The van der Waals surface area contributed by atoms with Crippen molar-refractivity contribution in [3.8, 4) is 0 Å². The first kappa shape index (κ1) is 7.25. The van der Waals surface area contributed by atoms with E-state index in [2.05, 4.69) is 0 Å². The minimum absolute atomic E-state index is 0.106. The molecule has 0 aliphatic heterocycles. The first-order valence-corrected chi connectivity index (χ1v) is 2.94. The molecule has 0 heterocycles. The molecule has 1 N–H and O–H groups in total. The number of hydrogen-bond acceptors (Lipinski definition) is 1. The number of alkyl halides is 1. The van der Waals surface area contributed by atoms with Crippen LogP contribution < -0.4 is 0 Å². The number of rotatable bonds is 2. The summed E-state index contributed by atoms with van der Waals surface area (Å²) in [5.74, 6) is 0.